The summed E-state index contributed by atoms with van der Waals surface area (Å²) in [7, 11) is 0. The predicted molar refractivity (Wildman–Crippen MR) is 293 cm³/mol. The van der Waals surface area contributed by atoms with Crippen LogP contribution in [0.4, 0.5) is 34.1 Å². The number of rotatable bonds is 6. The summed E-state index contributed by atoms with van der Waals surface area (Å²) in [5, 5.41) is 2.53. The van der Waals surface area contributed by atoms with E-state index < -0.39 is 5.41 Å². The lowest BCUT2D eigenvalue weighted by molar-refractivity contribution is 0.660. The average molecular weight is 893 g/mol. The minimum absolute atomic E-state index is 0.162. The normalized spacial score (nSPS) is 14.1. The molecule has 2 nitrogen and oxygen atoms in total. The molecule has 1 heterocycles. The zero-order valence-electron chi connectivity index (χ0n) is 39.1. The fourth-order valence-electron chi connectivity index (χ4n) is 12.6. The van der Waals surface area contributed by atoms with Crippen molar-refractivity contribution in [3.8, 4) is 44.5 Å². The van der Waals surface area contributed by atoms with E-state index in [0.29, 0.717) is 0 Å². The summed E-state index contributed by atoms with van der Waals surface area (Å²) < 4.78 is 0. The molecule has 0 N–H and O–H groups in total. The maximum Gasteiger partial charge on any atom is 0.0755 e. The topological polar surface area (TPSA) is 6.48 Å². The van der Waals surface area contributed by atoms with E-state index in [9.17, 15) is 0 Å². The summed E-state index contributed by atoms with van der Waals surface area (Å²) >= 11 is 0. The Morgan fingerprint density at radius 2 is 0.857 bits per heavy atom. The van der Waals surface area contributed by atoms with Crippen LogP contribution in [0, 0.1) is 0 Å². The van der Waals surface area contributed by atoms with Crippen LogP contribution >= 0.6 is 0 Å². The Kier molecular flexibility index (Phi) is 8.88. The lowest BCUT2D eigenvalue weighted by Crippen LogP contribution is -2.36. The number of fused-ring (bicyclic) bond motifs is 13. The van der Waals surface area contributed by atoms with Crippen molar-refractivity contribution in [3.63, 3.8) is 0 Å². The molecule has 330 valence electrons. The van der Waals surface area contributed by atoms with Gasteiger partial charge in [-0.15, -0.1) is 0 Å². The van der Waals surface area contributed by atoms with Crippen LogP contribution in [0.25, 0.3) is 55.3 Å². The smallest absolute Gasteiger partial charge is 0.0755 e. The zero-order chi connectivity index (χ0) is 46.6. The number of benzene rings is 11. The summed E-state index contributed by atoms with van der Waals surface area (Å²) in [6.07, 6.45) is 0. The molecular weight excluding hydrogens is 845 g/mol. The molecule has 11 aromatic rings. The van der Waals surface area contributed by atoms with Gasteiger partial charge in [0.05, 0.1) is 22.5 Å². The minimum atomic E-state index is -0.574. The highest BCUT2D eigenvalue weighted by atomic mass is 15.2. The molecule has 70 heavy (non-hydrogen) atoms. The van der Waals surface area contributed by atoms with Crippen molar-refractivity contribution >= 4 is 44.9 Å². The first-order valence-corrected chi connectivity index (χ1v) is 24.5. The predicted octanol–water partition coefficient (Wildman–Crippen LogP) is 18.1. The second kappa shape index (κ2) is 15.4. The van der Waals surface area contributed by atoms with Gasteiger partial charge in [0, 0.05) is 28.0 Å². The highest BCUT2D eigenvalue weighted by Gasteiger charge is 2.52. The number of para-hydroxylation sites is 3. The Morgan fingerprint density at radius 3 is 1.60 bits per heavy atom. The highest BCUT2D eigenvalue weighted by Crippen LogP contribution is 2.65. The van der Waals surface area contributed by atoms with Crippen molar-refractivity contribution < 1.29 is 0 Å². The molecule has 0 saturated heterocycles. The van der Waals surface area contributed by atoms with Gasteiger partial charge in [0.15, 0.2) is 0 Å². The summed E-state index contributed by atoms with van der Waals surface area (Å²) in [6, 6.07) is 94.8. The molecule has 14 rings (SSSR count). The van der Waals surface area contributed by atoms with Gasteiger partial charge in [-0.25, -0.2) is 0 Å². The Bertz CT molecular complexity index is 3810. The van der Waals surface area contributed by atoms with Crippen molar-refractivity contribution in [1.82, 2.24) is 0 Å². The SMILES string of the molecule is CC1(C)c2ccccc2-c2ccc(N(c3ccc(-c4ccc(-c5cccc6ccccc56)cc4)cc3)c3cccc4c3-c3ccccc3C43c4ccccc4N(c4ccccc4)c4ccccc43)cc21. The van der Waals surface area contributed by atoms with E-state index in [1.807, 2.05) is 0 Å². The Morgan fingerprint density at radius 1 is 0.343 bits per heavy atom. The van der Waals surface area contributed by atoms with Crippen LogP contribution in [0.3, 0.4) is 0 Å². The third-order valence-electron chi connectivity index (χ3n) is 15.7. The maximum absolute atomic E-state index is 2.53. The molecule has 0 bridgehead atoms. The van der Waals surface area contributed by atoms with Crippen molar-refractivity contribution in [2.45, 2.75) is 24.7 Å². The van der Waals surface area contributed by atoms with E-state index in [2.05, 4.69) is 278 Å². The fraction of sp³-hybridized carbons (Fsp3) is 0.0588. The molecule has 0 atom stereocenters. The van der Waals surface area contributed by atoms with Gasteiger partial charge in [-0.3, -0.25) is 0 Å². The summed E-state index contributed by atoms with van der Waals surface area (Å²) in [5.74, 6) is 0. The van der Waals surface area contributed by atoms with E-state index in [4.69, 9.17) is 0 Å². The van der Waals surface area contributed by atoms with Gasteiger partial charge < -0.3 is 9.80 Å². The van der Waals surface area contributed by atoms with Crippen LogP contribution in [-0.2, 0) is 10.8 Å². The molecule has 0 radical (unpaired) electrons. The molecule has 0 unspecified atom stereocenters. The Labute approximate surface area is 410 Å². The summed E-state index contributed by atoms with van der Waals surface area (Å²) in [5.41, 5.74) is 24.1. The lowest BCUT2D eigenvalue weighted by Gasteiger charge is -2.45. The Hall–Kier alpha value is -8.72. The molecule has 0 saturated carbocycles. The van der Waals surface area contributed by atoms with E-state index in [-0.39, 0.29) is 5.41 Å². The van der Waals surface area contributed by atoms with Gasteiger partial charge in [-0.1, -0.05) is 214 Å². The van der Waals surface area contributed by atoms with Crippen LogP contribution < -0.4 is 9.80 Å². The number of anilines is 6. The molecular formula is C68H48N2. The average Bonchev–Trinajstić information content (AvgIpc) is 3.85. The highest BCUT2D eigenvalue weighted by molar-refractivity contribution is 6.02. The minimum Gasteiger partial charge on any atom is -0.310 e. The van der Waals surface area contributed by atoms with Crippen molar-refractivity contribution in [1.29, 1.82) is 0 Å². The molecule has 1 aliphatic heterocycles. The molecule has 2 aliphatic carbocycles. The van der Waals surface area contributed by atoms with Gasteiger partial charge in [0.1, 0.15) is 0 Å². The second-order valence-electron chi connectivity index (χ2n) is 19.6. The molecule has 0 amide bonds. The molecule has 0 aromatic heterocycles. The standard InChI is InChI=1S/C68H48N2/c1-67(2)57-26-10-8-23-54(57)55-43-42-51(44-62(55)67)69(50-40-38-46(39-41-50)45-34-36-48(37-35-45)53-25-16-19-47-18-6-7-22-52(47)53)65-33-17-30-61-66(65)56-24-9-11-27-58(56)68(61)59-28-12-14-31-63(59)70(49-20-4-3-5-21-49)64-32-15-13-29-60(64)68/h3-44H,1-2H3. The van der Waals surface area contributed by atoms with Gasteiger partial charge in [-0.2, -0.15) is 0 Å². The maximum atomic E-state index is 2.53. The van der Waals surface area contributed by atoms with E-state index in [1.54, 1.807) is 0 Å². The first-order chi connectivity index (χ1) is 34.5. The van der Waals surface area contributed by atoms with Gasteiger partial charge in [0.25, 0.3) is 0 Å². The monoisotopic (exact) mass is 892 g/mol. The summed E-state index contributed by atoms with van der Waals surface area (Å²) in [4.78, 5) is 4.98. The van der Waals surface area contributed by atoms with Crippen LogP contribution in [0.5, 0.6) is 0 Å². The lowest BCUT2D eigenvalue weighted by atomic mass is 9.64. The van der Waals surface area contributed by atoms with Crippen LogP contribution in [0.1, 0.15) is 47.2 Å². The van der Waals surface area contributed by atoms with Gasteiger partial charge in [0.2, 0.25) is 0 Å². The van der Waals surface area contributed by atoms with E-state index in [1.165, 1.54) is 100 Å². The van der Waals surface area contributed by atoms with Crippen LogP contribution in [-0.4, -0.2) is 0 Å². The molecule has 2 heteroatoms. The van der Waals surface area contributed by atoms with E-state index in [0.717, 1.165) is 22.7 Å². The van der Waals surface area contributed by atoms with Gasteiger partial charge in [-0.05, 0) is 138 Å². The third kappa shape index (κ3) is 5.74. The molecule has 1 spiro atoms. The third-order valence-corrected chi connectivity index (χ3v) is 15.7. The number of hydrogen-bond donors (Lipinski definition) is 0. The first-order valence-electron chi connectivity index (χ1n) is 24.5. The largest absolute Gasteiger partial charge is 0.310 e. The number of nitrogens with zero attached hydrogens (tertiary/aromatic N) is 2. The second-order valence-corrected chi connectivity index (χ2v) is 19.6. The van der Waals surface area contributed by atoms with Crippen LogP contribution in [0.15, 0.2) is 255 Å². The Balaban J connectivity index is 0.963. The first kappa shape index (κ1) is 40.4. The fourth-order valence-corrected chi connectivity index (χ4v) is 12.6. The zero-order valence-corrected chi connectivity index (χ0v) is 39.1. The van der Waals surface area contributed by atoms with E-state index >= 15 is 0 Å². The van der Waals surface area contributed by atoms with Crippen molar-refractivity contribution in [3.05, 3.63) is 288 Å². The van der Waals surface area contributed by atoms with Crippen molar-refractivity contribution in [2.24, 2.45) is 0 Å². The van der Waals surface area contributed by atoms with Crippen LogP contribution in [0.2, 0.25) is 0 Å². The molecule has 0 fully saturated rings. The quantitative estimate of drug-likeness (QED) is 0.164. The van der Waals surface area contributed by atoms with Crippen molar-refractivity contribution in [2.75, 3.05) is 9.80 Å². The van der Waals surface area contributed by atoms with Gasteiger partial charge >= 0.3 is 0 Å². The molecule has 3 aliphatic rings. The molecule has 11 aromatic carbocycles. The number of hydrogen-bond acceptors (Lipinski definition) is 2. The summed E-state index contributed by atoms with van der Waals surface area (Å²) in [6.45, 7) is 4.76.